The lowest BCUT2D eigenvalue weighted by Gasteiger charge is -2.37. The van der Waals surface area contributed by atoms with Gasteiger partial charge in [-0.05, 0) is 37.5 Å². The molecule has 1 aromatic carbocycles. The summed E-state index contributed by atoms with van der Waals surface area (Å²) in [7, 11) is 0. The van der Waals surface area contributed by atoms with Gasteiger partial charge < -0.3 is 10.0 Å². The SMILES string of the molecule is O=Cc1cc(Br)ccc1N1CCCCC1CO. The first-order valence-electron chi connectivity index (χ1n) is 5.88. The molecule has 1 fully saturated rings. The maximum Gasteiger partial charge on any atom is 0.152 e. The van der Waals surface area contributed by atoms with Crippen molar-refractivity contribution in [3.05, 3.63) is 28.2 Å². The van der Waals surface area contributed by atoms with Gasteiger partial charge in [0.2, 0.25) is 0 Å². The van der Waals surface area contributed by atoms with Crippen LogP contribution in [0.2, 0.25) is 0 Å². The van der Waals surface area contributed by atoms with Crippen molar-refractivity contribution in [3.8, 4) is 0 Å². The number of aliphatic hydroxyl groups excluding tert-OH is 1. The van der Waals surface area contributed by atoms with Crippen LogP contribution in [0.15, 0.2) is 22.7 Å². The van der Waals surface area contributed by atoms with E-state index in [4.69, 9.17) is 0 Å². The Kier molecular flexibility index (Phi) is 4.18. The van der Waals surface area contributed by atoms with E-state index in [2.05, 4.69) is 20.8 Å². The second-order valence-electron chi connectivity index (χ2n) is 4.35. The minimum absolute atomic E-state index is 0.142. The fraction of sp³-hybridized carbons (Fsp3) is 0.462. The van der Waals surface area contributed by atoms with Crippen molar-refractivity contribution < 1.29 is 9.90 Å². The van der Waals surface area contributed by atoms with Gasteiger partial charge in [0.25, 0.3) is 0 Å². The second-order valence-corrected chi connectivity index (χ2v) is 5.26. The lowest BCUT2D eigenvalue weighted by atomic mass is 10.0. The maximum atomic E-state index is 11.1. The van der Waals surface area contributed by atoms with Crippen molar-refractivity contribution in [2.75, 3.05) is 18.1 Å². The normalized spacial score (nSPS) is 20.4. The van der Waals surface area contributed by atoms with E-state index in [-0.39, 0.29) is 12.6 Å². The molecule has 4 heteroatoms. The van der Waals surface area contributed by atoms with Gasteiger partial charge in [-0.2, -0.15) is 0 Å². The third kappa shape index (κ3) is 2.69. The molecule has 1 aliphatic heterocycles. The molecule has 92 valence electrons. The zero-order valence-electron chi connectivity index (χ0n) is 9.60. The molecule has 0 radical (unpaired) electrons. The molecule has 2 rings (SSSR count). The number of benzene rings is 1. The molecule has 0 aliphatic carbocycles. The van der Waals surface area contributed by atoms with Crippen LogP contribution in [0, 0.1) is 0 Å². The van der Waals surface area contributed by atoms with E-state index in [0.717, 1.165) is 42.3 Å². The van der Waals surface area contributed by atoms with E-state index in [1.165, 1.54) is 0 Å². The summed E-state index contributed by atoms with van der Waals surface area (Å²) in [4.78, 5) is 13.3. The largest absolute Gasteiger partial charge is 0.394 e. The number of rotatable bonds is 3. The standard InChI is InChI=1S/C13H16BrNO2/c14-11-4-5-13(10(7-11)8-16)15-6-2-1-3-12(15)9-17/h4-5,7-8,12,17H,1-3,6,9H2. The van der Waals surface area contributed by atoms with Gasteiger partial charge in [0, 0.05) is 22.3 Å². The third-order valence-corrected chi connectivity index (χ3v) is 3.76. The molecule has 0 aromatic heterocycles. The number of aliphatic hydroxyl groups is 1. The van der Waals surface area contributed by atoms with Gasteiger partial charge >= 0.3 is 0 Å². The monoisotopic (exact) mass is 297 g/mol. The third-order valence-electron chi connectivity index (χ3n) is 3.26. The van der Waals surface area contributed by atoms with Gasteiger partial charge in [0.1, 0.15) is 0 Å². The first-order valence-corrected chi connectivity index (χ1v) is 6.68. The number of nitrogens with zero attached hydrogens (tertiary/aromatic N) is 1. The molecule has 1 saturated heterocycles. The number of piperidine rings is 1. The Morgan fingerprint density at radius 2 is 2.29 bits per heavy atom. The van der Waals surface area contributed by atoms with E-state index in [1.54, 1.807) is 0 Å². The summed E-state index contributed by atoms with van der Waals surface area (Å²) in [6.45, 7) is 1.06. The van der Waals surface area contributed by atoms with Gasteiger partial charge in [-0.1, -0.05) is 15.9 Å². The van der Waals surface area contributed by atoms with Crippen molar-refractivity contribution in [2.45, 2.75) is 25.3 Å². The van der Waals surface area contributed by atoms with Crippen LogP contribution in [0.4, 0.5) is 5.69 Å². The highest BCUT2D eigenvalue weighted by atomic mass is 79.9. The van der Waals surface area contributed by atoms with E-state index in [1.807, 2.05) is 18.2 Å². The van der Waals surface area contributed by atoms with Crippen LogP contribution in [-0.4, -0.2) is 30.6 Å². The number of carbonyl (C=O) groups is 1. The van der Waals surface area contributed by atoms with E-state index >= 15 is 0 Å². The predicted octanol–water partition coefficient (Wildman–Crippen LogP) is 2.61. The van der Waals surface area contributed by atoms with Crippen LogP contribution < -0.4 is 4.90 Å². The van der Waals surface area contributed by atoms with Crippen LogP contribution in [-0.2, 0) is 0 Å². The fourth-order valence-corrected chi connectivity index (χ4v) is 2.77. The number of aldehydes is 1. The number of carbonyl (C=O) groups excluding carboxylic acids is 1. The lowest BCUT2D eigenvalue weighted by Crippen LogP contribution is -2.42. The van der Waals surface area contributed by atoms with Crippen LogP contribution in [0.25, 0.3) is 0 Å². The Balaban J connectivity index is 2.34. The first-order chi connectivity index (χ1) is 8.26. The summed E-state index contributed by atoms with van der Waals surface area (Å²) in [5.41, 5.74) is 1.61. The van der Waals surface area contributed by atoms with Crippen LogP contribution in [0.3, 0.4) is 0 Å². The van der Waals surface area contributed by atoms with Gasteiger partial charge in [-0.15, -0.1) is 0 Å². The Labute approximate surface area is 110 Å². The Hall–Kier alpha value is -0.870. The van der Waals surface area contributed by atoms with Crippen LogP contribution >= 0.6 is 15.9 Å². The smallest absolute Gasteiger partial charge is 0.152 e. The van der Waals surface area contributed by atoms with E-state index in [9.17, 15) is 9.90 Å². The van der Waals surface area contributed by atoms with Crippen molar-refractivity contribution in [2.24, 2.45) is 0 Å². The minimum atomic E-state index is 0.142. The second kappa shape index (κ2) is 5.65. The maximum absolute atomic E-state index is 11.1. The molecule has 0 saturated carbocycles. The molecule has 1 atom stereocenters. The van der Waals surface area contributed by atoms with Gasteiger partial charge in [-0.3, -0.25) is 4.79 Å². The van der Waals surface area contributed by atoms with Crippen molar-refractivity contribution >= 4 is 27.9 Å². The Morgan fingerprint density at radius 1 is 1.47 bits per heavy atom. The van der Waals surface area contributed by atoms with E-state index < -0.39 is 0 Å². The molecule has 0 bridgehead atoms. The quantitative estimate of drug-likeness (QED) is 0.872. The van der Waals surface area contributed by atoms with Crippen LogP contribution in [0.1, 0.15) is 29.6 Å². The van der Waals surface area contributed by atoms with Crippen molar-refractivity contribution in [3.63, 3.8) is 0 Å². The molecule has 0 spiro atoms. The fourth-order valence-electron chi connectivity index (χ4n) is 2.39. The van der Waals surface area contributed by atoms with Gasteiger partial charge in [-0.25, -0.2) is 0 Å². The summed E-state index contributed by atoms with van der Waals surface area (Å²) in [6.07, 6.45) is 4.13. The Morgan fingerprint density at radius 3 is 3.00 bits per heavy atom. The highest BCUT2D eigenvalue weighted by molar-refractivity contribution is 9.10. The van der Waals surface area contributed by atoms with Crippen LogP contribution in [0.5, 0.6) is 0 Å². The van der Waals surface area contributed by atoms with Crippen molar-refractivity contribution in [1.82, 2.24) is 0 Å². The van der Waals surface area contributed by atoms with E-state index in [0.29, 0.717) is 5.56 Å². The average Bonchev–Trinajstić information content (AvgIpc) is 2.38. The summed E-state index contributed by atoms with van der Waals surface area (Å²) in [5.74, 6) is 0. The molecular weight excluding hydrogens is 282 g/mol. The molecule has 1 aliphatic rings. The summed E-state index contributed by atoms with van der Waals surface area (Å²) < 4.78 is 0.904. The van der Waals surface area contributed by atoms with Gasteiger partial charge in [0.15, 0.2) is 6.29 Å². The van der Waals surface area contributed by atoms with Crippen molar-refractivity contribution in [1.29, 1.82) is 0 Å². The first kappa shape index (κ1) is 12.6. The highest BCUT2D eigenvalue weighted by Crippen LogP contribution is 2.29. The number of halogens is 1. The summed E-state index contributed by atoms with van der Waals surface area (Å²) >= 11 is 3.37. The number of anilines is 1. The average molecular weight is 298 g/mol. The molecule has 0 amide bonds. The predicted molar refractivity (Wildman–Crippen MR) is 71.6 cm³/mol. The van der Waals surface area contributed by atoms with Gasteiger partial charge in [0.05, 0.1) is 12.6 Å². The number of hydrogen-bond acceptors (Lipinski definition) is 3. The Bertz CT molecular complexity index is 408. The number of hydrogen-bond donors (Lipinski definition) is 1. The molecule has 17 heavy (non-hydrogen) atoms. The molecule has 1 unspecified atom stereocenters. The molecular formula is C13H16BrNO2. The summed E-state index contributed by atoms with van der Waals surface area (Å²) in [5, 5.41) is 9.40. The molecule has 1 heterocycles. The lowest BCUT2D eigenvalue weighted by molar-refractivity contribution is 0.112. The summed E-state index contributed by atoms with van der Waals surface area (Å²) in [6, 6.07) is 5.85. The zero-order valence-corrected chi connectivity index (χ0v) is 11.2. The zero-order chi connectivity index (χ0) is 12.3. The molecule has 1 N–H and O–H groups in total. The topological polar surface area (TPSA) is 40.5 Å². The molecule has 3 nitrogen and oxygen atoms in total. The molecule has 1 aromatic rings. The highest BCUT2D eigenvalue weighted by Gasteiger charge is 2.23. The minimum Gasteiger partial charge on any atom is -0.394 e.